The summed E-state index contributed by atoms with van der Waals surface area (Å²) in [7, 11) is 1.72. The lowest BCUT2D eigenvalue weighted by Crippen LogP contribution is -2.41. The monoisotopic (exact) mass is 609 g/mol. The molecule has 0 N–H and O–H groups in total. The summed E-state index contributed by atoms with van der Waals surface area (Å²) in [6.45, 7) is 2.40. The first-order valence-corrected chi connectivity index (χ1v) is 15.5. The molecule has 1 atom stereocenters. The van der Waals surface area contributed by atoms with Crippen molar-refractivity contribution in [3.05, 3.63) is 84.6 Å². The number of ether oxygens (including phenoxy) is 2. The van der Waals surface area contributed by atoms with Gasteiger partial charge in [-0.1, -0.05) is 40.4 Å². The fourth-order valence-electron chi connectivity index (χ4n) is 5.37. The predicted molar refractivity (Wildman–Crippen MR) is 168 cm³/mol. The number of fused-ring (bicyclic) bond motifs is 2. The molecule has 1 saturated heterocycles. The molecule has 1 unspecified atom stereocenters. The Balaban J connectivity index is 1.01. The number of carbonyl (C=O) groups is 1. The topological polar surface area (TPSA) is 109 Å². The van der Waals surface area contributed by atoms with E-state index in [4.69, 9.17) is 24.4 Å². The number of benzene rings is 3. The summed E-state index contributed by atoms with van der Waals surface area (Å²) in [6, 6.07) is 22.9. The molecule has 1 aliphatic rings. The normalized spacial score (nSPS) is 15.3. The molecule has 0 amide bonds. The van der Waals surface area contributed by atoms with E-state index in [0.717, 1.165) is 56.7 Å². The van der Waals surface area contributed by atoms with Crippen LogP contribution in [0.15, 0.2) is 79.0 Å². The highest BCUT2D eigenvalue weighted by molar-refractivity contribution is 7.19. The number of para-hydroxylation sites is 1. The van der Waals surface area contributed by atoms with Crippen LogP contribution in [0.4, 0.5) is 5.69 Å². The first-order chi connectivity index (χ1) is 21.7. The zero-order chi connectivity index (χ0) is 29.9. The van der Waals surface area contributed by atoms with Crippen LogP contribution in [0, 0.1) is 0 Å². The highest BCUT2D eigenvalue weighted by Gasteiger charge is 2.23. The number of nitrogens with zero attached hydrogens (tertiary/aromatic N) is 7. The summed E-state index contributed by atoms with van der Waals surface area (Å²) in [6.07, 6.45) is 6.28. The second-order valence-corrected chi connectivity index (χ2v) is 11.5. The van der Waals surface area contributed by atoms with E-state index >= 15 is 0 Å². The third-order valence-electron chi connectivity index (χ3n) is 7.65. The van der Waals surface area contributed by atoms with Crippen molar-refractivity contribution < 1.29 is 19.1 Å². The molecule has 7 rings (SSSR count). The molecule has 6 aromatic rings. The van der Waals surface area contributed by atoms with Gasteiger partial charge >= 0.3 is 5.97 Å². The smallest absolute Gasteiger partial charge is 0.365 e. The lowest BCUT2D eigenvalue weighted by molar-refractivity contribution is 0.0237. The van der Waals surface area contributed by atoms with Crippen LogP contribution in [0.25, 0.3) is 37.8 Å². The van der Waals surface area contributed by atoms with Crippen molar-refractivity contribution in [3.8, 4) is 21.8 Å². The average Bonchev–Trinajstić information content (AvgIpc) is 3.78. The van der Waals surface area contributed by atoms with E-state index < -0.39 is 5.97 Å². The summed E-state index contributed by atoms with van der Waals surface area (Å²) >= 11 is 1.54. The van der Waals surface area contributed by atoms with Gasteiger partial charge in [0.05, 0.1) is 24.1 Å². The fraction of sp³-hybridized carbons (Fsp3) is 0.281. The Bertz CT molecular complexity index is 1850. The van der Waals surface area contributed by atoms with Gasteiger partial charge in [0.25, 0.3) is 0 Å². The molecule has 0 spiro atoms. The zero-order valence-electron chi connectivity index (χ0n) is 24.2. The third-order valence-corrected chi connectivity index (χ3v) is 8.62. The standard InChI is InChI=1S/C32H31N7O4S/c1-41-19-6-20-42-29-9-4-5-18-37(29)25-16-14-23(15-17-25)30-35-38-21-27(33-32(38)44-30)22-10-12-24(13-11-22)31(40)43-39-28-8-3-2-7-26(28)34-36-39/h2-3,7-8,10-17,21,29H,4-6,9,18-20H2,1H3. The molecule has 11 nitrogen and oxygen atoms in total. The van der Waals surface area contributed by atoms with Gasteiger partial charge in [-0.05, 0) is 79.4 Å². The van der Waals surface area contributed by atoms with Crippen LogP contribution in [0.3, 0.4) is 0 Å². The van der Waals surface area contributed by atoms with Gasteiger partial charge in [-0.15, -0.1) is 5.10 Å². The van der Waals surface area contributed by atoms with Crippen LogP contribution in [0.5, 0.6) is 0 Å². The molecule has 3 aromatic heterocycles. The first kappa shape index (κ1) is 28.1. The van der Waals surface area contributed by atoms with E-state index in [1.54, 1.807) is 35.9 Å². The van der Waals surface area contributed by atoms with Gasteiger partial charge in [-0.25, -0.2) is 14.3 Å². The lowest BCUT2D eigenvalue weighted by atomic mass is 10.1. The van der Waals surface area contributed by atoms with Crippen LogP contribution < -0.4 is 9.74 Å². The van der Waals surface area contributed by atoms with Gasteiger partial charge in [0.1, 0.15) is 22.3 Å². The second-order valence-electron chi connectivity index (χ2n) is 10.6. The molecule has 12 heteroatoms. The van der Waals surface area contributed by atoms with Gasteiger partial charge < -0.3 is 19.2 Å². The lowest BCUT2D eigenvalue weighted by Gasteiger charge is -2.37. The van der Waals surface area contributed by atoms with E-state index in [9.17, 15) is 4.79 Å². The maximum absolute atomic E-state index is 12.7. The van der Waals surface area contributed by atoms with Gasteiger partial charge in [0, 0.05) is 37.1 Å². The number of rotatable bonds is 10. The highest BCUT2D eigenvalue weighted by atomic mass is 32.1. The summed E-state index contributed by atoms with van der Waals surface area (Å²) in [4.78, 5) is 27.2. The molecule has 44 heavy (non-hydrogen) atoms. The second kappa shape index (κ2) is 12.5. The number of aromatic nitrogens is 6. The first-order valence-electron chi connectivity index (χ1n) is 14.6. The van der Waals surface area contributed by atoms with E-state index in [0.29, 0.717) is 29.8 Å². The molecule has 0 bridgehead atoms. The maximum Gasteiger partial charge on any atom is 0.365 e. The minimum atomic E-state index is -0.527. The largest absolute Gasteiger partial charge is 0.385 e. The van der Waals surface area contributed by atoms with Crippen molar-refractivity contribution in [3.63, 3.8) is 0 Å². The summed E-state index contributed by atoms with van der Waals surface area (Å²) in [5.74, 6) is -0.527. The van der Waals surface area contributed by atoms with Crippen LogP contribution in [-0.2, 0) is 9.47 Å². The Kier molecular flexibility index (Phi) is 8.01. The molecule has 0 saturated carbocycles. The third kappa shape index (κ3) is 5.79. The quantitative estimate of drug-likeness (QED) is 0.147. The number of hydrogen-bond donors (Lipinski definition) is 0. The number of piperidine rings is 1. The average molecular weight is 610 g/mol. The van der Waals surface area contributed by atoms with Crippen LogP contribution in [-0.4, -0.2) is 68.8 Å². The minimum absolute atomic E-state index is 0.0989. The summed E-state index contributed by atoms with van der Waals surface area (Å²) in [5, 5.41) is 13.6. The van der Waals surface area contributed by atoms with Crippen molar-refractivity contribution in [2.45, 2.75) is 31.9 Å². The van der Waals surface area contributed by atoms with E-state index in [1.807, 2.05) is 30.5 Å². The van der Waals surface area contributed by atoms with Gasteiger partial charge in [-0.2, -0.15) is 5.10 Å². The predicted octanol–water partition coefficient (Wildman–Crippen LogP) is 5.51. The Morgan fingerprint density at radius 3 is 2.61 bits per heavy atom. The van der Waals surface area contributed by atoms with Crippen molar-refractivity contribution in [1.29, 1.82) is 0 Å². The minimum Gasteiger partial charge on any atom is -0.385 e. The molecular weight excluding hydrogens is 578 g/mol. The highest BCUT2D eigenvalue weighted by Crippen LogP contribution is 2.31. The van der Waals surface area contributed by atoms with Gasteiger partial charge in [0.15, 0.2) is 0 Å². The Hall–Kier alpha value is -4.65. The molecular formula is C32H31N7O4S. The van der Waals surface area contributed by atoms with Crippen molar-refractivity contribution >= 4 is 39.0 Å². The van der Waals surface area contributed by atoms with Crippen LogP contribution in [0.2, 0.25) is 0 Å². The molecule has 4 heterocycles. The fourth-order valence-corrected chi connectivity index (χ4v) is 6.25. The van der Waals surface area contributed by atoms with Crippen molar-refractivity contribution in [2.24, 2.45) is 0 Å². The molecule has 0 radical (unpaired) electrons. The van der Waals surface area contributed by atoms with Gasteiger partial charge in [0.2, 0.25) is 4.96 Å². The zero-order valence-corrected chi connectivity index (χ0v) is 25.0. The number of anilines is 1. The van der Waals surface area contributed by atoms with Crippen LogP contribution in [0.1, 0.15) is 36.0 Å². The van der Waals surface area contributed by atoms with Crippen molar-refractivity contribution in [2.75, 3.05) is 31.8 Å². The van der Waals surface area contributed by atoms with Gasteiger partial charge in [-0.3, -0.25) is 0 Å². The Labute approximate surface area is 257 Å². The Morgan fingerprint density at radius 2 is 1.80 bits per heavy atom. The van der Waals surface area contributed by atoms with Crippen LogP contribution >= 0.6 is 11.3 Å². The number of imidazole rings is 1. The number of hydrogen-bond acceptors (Lipinski definition) is 10. The molecule has 1 aliphatic heterocycles. The van der Waals surface area contributed by atoms with E-state index in [1.165, 1.54) is 24.2 Å². The van der Waals surface area contributed by atoms with E-state index in [2.05, 4.69) is 39.5 Å². The summed E-state index contributed by atoms with van der Waals surface area (Å²) < 4.78 is 13.1. The molecule has 0 aliphatic carbocycles. The summed E-state index contributed by atoms with van der Waals surface area (Å²) in [5.41, 5.74) is 5.51. The maximum atomic E-state index is 12.7. The van der Waals surface area contributed by atoms with E-state index in [-0.39, 0.29) is 6.23 Å². The number of carbonyl (C=O) groups excluding carboxylic acids is 1. The molecule has 224 valence electrons. The molecule has 1 fully saturated rings. The van der Waals surface area contributed by atoms with Crippen molar-refractivity contribution in [1.82, 2.24) is 29.8 Å². The SMILES string of the molecule is COCCCOC1CCCCN1c1ccc(-c2nn3cc(-c4ccc(C(=O)On5nnc6ccccc65)cc4)nc3s2)cc1. The molecule has 3 aromatic carbocycles. The Morgan fingerprint density at radius 1 is 0.977 bits per heavy atom. The number of methoxy groups -OCH3 is 1.